The number of aromatic nitrogens is 3. The van der Waals surface area contributed by atoms with E-state index >= 15 is 0 Å². The molecule has 2 aromatic heterocycles. The fourth-order valence-corrected chi connectivity index (χ4v) is 2.41. The second kappa shape index (κ2) is 3.31. The van der Waals surface area contributed by atoms with E-state index in [4.69, 9.17) is 5.73 Å². The summed E-state index contributed by atoms with van der Waals surface area (Å²) in [4.78, 5) is 4.36. The molecule has 0 spiro atoms. The van der Waals surface area contributed by atoms with E-state index in [1.165, 1.54) is 4.70 Å². The molecule has 80 valence electrons. The minimum Gasteiger partial charge on any atom is -0.384 e. The minimum absolute atomic E-state index is 0.655. The van der Waals surface area contributed by atoms with Crippen molar-refractivity contribution in [2.24, 2.45) is 7.05 Å². The molecule has 2 N–H and O–H groups in total. The van der Waals surface area contributed by atoms with Gasteiger partial charge in [0.15, 0.2) is 0 Å². The second-order valence-corrected chi connectivity index (χ2v) is 4.47. The number of rotatable bonds is 1. The average molecular weight is 230 g/mol. The first-order chi connectivity index (χ1) is 7.75. The Balaban J connectivity index is 2.29. The van der Waals surface area contributed by atoms with Gasteiger partial charge in [0, 0.05) is 18.7 Å². The average Bonchev–Trinajstić information content (AvgIpc) is 2.85. The number of hydrogen-bond donors (Lipinski definition) is 1. The molecule has 5 heteroatoms. The SMILES string of the molecule is Cn1nc(-c2cccc3scnc23)cc1N. The van der Waals surface area contributed by atoms with E-state index < -0.39 is 0 Å². The van der Waals surface area contributed by atoms with Crippen molar-refractivity contribution in [2.75, 3.05) is 5.73 Å². The Morgan fingerprint density at radius 2 is 2.25 bits per heavy atom. The van der Waals surface area contributed by atoms with Crippen LogP contribution in [0.1, 0.15) is 0 Å². The lowest BCUT2D eigenvalue weighted by Gasteiger charge is -1.97. The summed E-state index contributed by atoms with van der Waals surface area (Å²) in [6.45, 7) is 0. The molecular weight excluding hydrogens is 220 g/mol. The standard InChI is InChI=1S/C11H10N4S/c1-15-10(12)5-8(14-15)7-3-2-4-9-11(7)13-6-16-9/h2-6H,12H2,1H3. The van der Waals surface area contributed by atoms with E-state index in [1.54, 1.807) is 16.0 Å². The number of hydrogen-bond acceptors (Lipinski definition) is 4. The number of nitrogens with zero attached hydrogens (tertiary/aromatic N) is 3. The van der Waals surface area contributed by atoms with Gasteiger partial charge in [0.25, 0.3) is 0 Å². The van der Waals surface area contributed by atoms with Crippen molar-refractivity contribution in [3.63, 3.8) is 0 Å². The van der Waals surface area contributed by atoms with Crippen molar-refractivity contribution in [2.45, 2.75) is 0 Å². The third-order valence-corrected chi connectivity index (χ3v) is 3.35. The van der Waals surface area contributed by atoms with Crippen molar-refractivity contribution in [1.82, 2.24) is 14.8 Å². The van der Waals surface area contributed by atoms with Crippen LogP contribution in [0.15, 0.2) is 29.8 Å². The van der Waals surface area contributed by atoms with Gasteiger partial charge in [0.1, 0.15) is 5.82 Å². The molecule has 0 aliphatic rings. The van der Waals surface area contributed by atoms with Crippen LogP contribution in [0.4, 0.5) is 5.82 Å². The zero-order valence-electron chi connectivity index (χ0n) is 8.71. The highest BCUT2D eigenvalue weighted by Crippen LogP contribution is 2.29. The molecule has 16 heavy (non-hydrogen) atoms. The summed E-state index contributed by atoms with van der Waals surface area (Å²) < 4.78 is 2.84. The molecule has 3 rings (SSSR count). The maximum atomic E-state index is 5.78. The normalized spacial score (nSPS) is 11.1. The Morgan fingerprint density at radius 1 is 1.38 bits per heavy atom. The molecule has 0 saturated carbocycles. The molecule has 1 aromatic carbocycles. The van der Waals surface area contributed by atoms with Crippen LogP contribution in [0, 0.1) is 0 Å². The van der Waals surface area contributed by atoms with Gasteiger partial charge < -0.3 is 5.73 Å². The first kappa shape index (κ1) is 9.35. The zero-order chi connectivity index (χ0) is 11.1. The fourth-order valence-electron chi connectivity index (χ4n) is 1.71. The van der Waals surface area contributed by atoms with Crippen LogP contribution in [0.3, 0.4) is 0 Å². The van der Waals surface area contributed by atoms with E-state index in [0.717, 1.165) is 16.8 Å². The van der Waals surface area contributed by atoms with Gasteiger partial charge in [-0.15, -0.1) is 11.3 Å². The van der Waals surface area contributed by atoms with Crippen molar-refractivity contribution in [1.29, 1.82) is 0 Å². The van der Waals surface area contributed by atoms with Gasteiger partial charge in [-0.05, 0) is 6.07 Å². The van der Waals surface area contributed by atoms with Crippen LogP contribution in [0.5, 0.6) is 0 Å². The van der Waals surface area contributed by atoms with Gasteiger partial charge in [0.05, 0.1) is 21.4 Å². The fraction of sp³-hybridized carbons (Fsp3) is 0.0909. The molecule has 0 saturated heterocycles. The molecule has 2 heterocycles. The number of aryl methyl sites for hydroxylation is 1. The summed E-state index contributed by atoms with van der Waals surface area (Å²) >= 11 is 1.63. The lowest BCUT2D eigenvalue weighted by molar-refractivity contribution is 0.782. The number of para-hydroxylation sites is 1. The zero-order valence-corrected chi connectivity index (χ0v) is 9.53. The molecule has 0 unspecified atom stereocenters. The number of fused-ring (bicyclic) bond motifs is 1. The molecule has 0 bridgehead atoms. The first-order valence-electron chi connectivity index (χ1n) is 4.88. The monoisotopic (exact) mass is 230 g/mol. The second-order valence-electron chi connectivity index (χ2n) is 3.58. The van der Waals surface area contributed by atoms with E-state index in [0.29, 0.717) is 5.82 Å². The molecular formula is C11H10N4S. The van der Waals surface area contributed by atoms with E-state index in [-0.39, 0.29) is 0 Å². The summed E-state index contributed by atoms with van der Waals surface area (Å²) in [5.41, 5.74) is 10.5. The van der Waals surface area contributed by atoms with Gasteiger partial charge in [-0.25, -0.2) is 4.98 Å². The molecule has 0 fully saturated rings. The van der Waals surface area contributed by atoms with Crippen LogP contribution in [-0.4, -0.2) is 14.8 Å². The third-order valence-electron chi connectivity index (χ3n) is 2.55. The largest absolute Gasteiger partial charge is 0.384 e. The molecule has 0 atom stereocenters. The van der Waals surface area contributed by atoms with Gasteiger partial charge in [0.2, 0.25) is 0 Å². The maximum Gasteiger partial charge on any atom is 0.121 e. The van der Waals surface area contributed by atoms with Crippen LogP contribution in [0.2, 0.25) is 0 Å². The summed E-state index contributed by atoms with van der Waals surface area (Å²) in [6.07, 6.45) is 0. The minimum atomic E-state index is 0.655. The van der Waals surface area contributed by atoms with Crippen LogP contribution in [0.25, 0.3) is 21.5 Å². The Bertz CT molecular complexity index is 633. The number of nitrogen functional groups attached to an aromatic ring is 1. The van der Waals surface area contributed by atoms with Crippen molar-refractivity contribution in [3.05, 3.63) is 29.8 Å². The van der Waals surface area contributed by atoms with Crippen LogP contribution >= 0.6 is 11.3 Å². The van der Waals surface area contributed by atoms with Crippen LogP contribution in [-0.2, 0) is 7.05 Å². The van der Waals surface area contributed by atoms with Gasteiger partial charge in [-0.3, -0.25) is 4.68 Å². The molecule has 3 aromatic rings. The highest BCUT2D eigenvalue weighted by molar-refractivity contribution is 7.16. The summed E-state index contributed by atoms with van der Waals surface area (Å²) in [5.74, 6) is 0.655. The molecule has 0 radical (unpaired) electrons. The number of anilines is 1. The number of nitrogens with two attached hydrogens (primary N) is 1. The van der Waals surface area contributed by atoms with E-state index in [9.17, 15) is 0 Å². The van der Waals surface area contributed by atoms with Gasteiger partial charge in [-0.1, -0.05) is 12.1 Å². The molecule has 0 aliphatic heterocycles. The summed E-state index contributed by atoms with van der Waals surface area (Å²) in [6, 6.07) is 7.96. The highest BCUT2D eigenvalue weighted by atomic mass is 32.1. The molecule has 0 aliphatic carbocycles. The summed E-state index contributed by atoms with van der Waals surface area (Å²) in [7, 11) is 1.83. The van der Waals surface area contributed by atoms with E-state index in [1.807, 2.05) is 30.8 Å². The number of thiazole rings is 1. The Morgan fingerprint density at radius 3 is 3.00 bits per heavy atom. The number of benzene rings is 1. The van der Waals surface area contributed by atoms with Gasteiger partial charge in [-0.2, -0.15) is 5.10 Å². The maximum absolute atomic E-state index is 5.78. The Kier molecular flexibility index (Phi) is 1.94. The van der Waals surface area contributed by atoms with Crippen molar-refractivity contribution in [3.8, 4) is 11.3 Å². The van der Waals surface area contributed by atoms with Crippen molar-refractivity contribution < 1.29 is 0 Å². The van der Waals surface area contributed by atoms with Crippen LogP contribution < -0.4 is 5.73 Å². The molecule has 4 nitrogen and oxygen atoms in total. The quantitative estimate of drug-likeness (QED) is 0.697. The third kappa shape index (κ3) is 1.29. The van der Waals surface area contributed by atoms with Crippen molar-refractivity contribution >= 4 is 27.4 Å². The lowest BCUT2D eigenvalue weighted by atomic mass is 10.1. The smallest absolute Gasteiger partial charge is 0.121 e. The lowest BCUT2D eigenvalue weighted by Crippen LogP contribution is -1.96. The highest BCUT2D eigenvalue weighted by Gasteiger charge is 2.09. The Hall–Kier alpha value is -1.88. The predicted molar refractivity (Wildman–Crippen MR) is 66.2 cm³/mol. The van der Waals surface area contributed by atoms with E-state index in [2.05, 4.69) is 16.1 Å². The van der Waals surface area contributed by atoms with Gasteiger partial charge >= 0.3 is 0 Å². The summed E-state index contributed by atoms with van der Waals surface area (Å²) in [5, 5.41) is 4.37. The first-order valence-corrected chi connectivity index (χ1v) is 5.76. The molecule has 0 amide bonds. The predicted octanol–water partition coefficient (Wildman–Crippen LogP) is 2.28. The topological polar surface area (TPSA) is 56.7 Å². The Labute approximate surface area is 96.3 Å².